The zero-order valence-electron chi connectivity index (χ0n) is 16.3. The largest absolute Gasteiger partial charge is 0.472 e. The van der Waals surface area contributed by atoms with E-state index in [0.717, 1.165) is 11.0 Å². The van der Waals surface area contributed by atoms with Crippen molar-refractivity contribution in [2.45, 2.75) is 13.0 Å². The Balaban J connectivity index is 1.22. The van der Waals surface area contributed by atoms with Gasteiger partial charge in [-0.25, -0.2) is 4.98 Å². The first kappa shape index (κ1) is 18.4. The Labute approximate surface area is 172 Å². The maximum Gasteiger partial charge on any atom is 0.257 e. The number of anilines is 1. The number of piperazine rings is 1. The standard InChI is InChI=1S/C21H21N5O4/c27-18(24-6-8-25(9-7-24)20(29)14-5-10-30-13-14)11-15-12-26-17-4-2-1-3-16(17)22-21(26)23-19(15)28/h1-5,10,13,15H,6-9,11-12H2,(H,22,23,28). The van der Waals surface area contributed by atoms with Crippen molar-refractivity contribution in [3.8, 4) is 0 Å². The van der Waals surface area contributed by atoms with E-state index >= 15 is 0 Å². The lowest BCUT2D eigenvalue weighted by atomic mass is 10.0. The number of nitrogens with one attached hydrogen (secondary N) is 1. The van der Waals surface area contributed by atoms with Gasteiger partial charge in [0.2, 0.25) is 17.8 Å². The highest BCUT2D eigenvalue weighted by atomic mass is 16.3. The molecule has 1 unspecified atom stereocenters. The summed E-state index contributed by atoms with van der Waals surface area (Å²) < 4.78 is 6.92. The van der Waals surface area contributed by atoms with Crippen LogP contribution in [0.4, 0.5) is 5.95 Å². The Hall–Kier alpha value is -3.62. The van der Waals surface area contributed by atoms with Crippen molar-refractivity contribution in [2.75, 3.05) is 31.5 Å². The summed E-state index contributed by atoms with van der Waals surface area (Å²) in [6.45, 7) is 2.25. The molecule has 4 heterocycles. The average Bonchev–Trinajstić information content (AvgIpc) is 3.41. The molecule has 0 aliphatic carbocycles. The summed E-state index contributed by atoms with van der Waals surface area (Å²) >= 11 is 0. The molecule has 3 amide bonds. The highest BCUT2D eigenvalue weighted by molar-refractivity contribution is 5.97. The third-order valence-corrected chi connectivity index (χ3v) is 5.77. The number of imidazole rings is 1. The van der Waals surface area contributed by atoms with Crippen molar-refractivity contribution >= 4 is 34.7 Å². The number of hydrogen-bond donors (Lipinski definition) is 1. The summed E-state index contributed by atoms with van der Waals surface area (Å²) in [5.74, 6) is -0.273. The number of rotatable bonds is 3. The van der Waals surface area contributed by atoms with Gasteiger partial charge in [0.05, 0.1) is 28.8 Å². The second-order valence-corrected chi connectivity index (χ2v) is 7.61. The summed E-state index contributed by atoms with van der Waals surface area (Å²) in [4.78, 5) is 45.6. The fourth-order valence-electron chi connectivity index (χ4n) is 4.10. The third-order valence-electron chi connectivity index (χ3n) is 5.77. The highest BCUT2D eigenvalue weighted by Crippen LogP contribution is 2.27. The van der Waals surface area contributed by atoms with Crippen LogP contribution in [-0.2, 0) is 16.1 Å². The first-order chi connectivity index (χ1) is 14.6. The summed E-state index contributed by atoms with van der Waals surface area (Å²) in [5.41, 5.74) is 2.27. The molecule has 3 aromatic rings. The SMILES string of the molecule is O=C1Nc2nc3ccccc3n2CC1CC(=O)N1CCN(C(=O)c2ccoc2)CC1. The van der Waals surface area contributed by atoms with Gasteiger partial charge in [-0.05, 0) is 18.2 Å². The third kappa shape index (κ3) is 3.22. The van der Waals surface area contributed by atoms with E-state index in [1.165, 1.54) is 12.5 Å². The second-order valence-electron chi connectivity index (χ2n) is 7.61. The molecule has 30 heavy (non-hydrogen) atoms. The lowest BCUT2D eigenvalue weighted by Gasteiger charge is -2.35. The first-order valence-electron chi connectivity index (χ1n) is 9.95. The molecule has 9 nitrogen and oxygen atoms in total. The normalized spacial score (nSPS) is 18.9. The van der Waals surface area contributed by atoms with Crippen LogP contribution in [0.3, 0.4) is 0 Å². The molecule has 1 N–H and O–H groups in total. The summed E-state index contributed by atoms with van der Waals surface area (Å²) in [6, 6.07) is 9.32. The number of benzene rings is 1. The molecule has 5 rings (SSSR count). The minimum atomic E-state index is -0.451. The Bertz CT molecular complexity index is 1110. The molecular weight excluding hydrogens is 386 g/mol. The number of fused-ring (bicyclic) bond motifs is 3. The molecule has 1 atom stereocenters. The molecule has 9 heteroatoms. The van der Waals surface area contributed by atoms with E-state index in [2.05, 4.69) is 10.3 Å². The number of carbonyl (C=O) groups excluding carboxylic acids is 3. The van der Waals surface area contributed by atoms with Crippen molar-refractivity contribution < 1.29 is 18.8 Å². The van der Waals surface area contributed by atoms with E-state index in [1.807, 2.05) is 28.8 Å². The Morgan fingerprint density at radius 1 is 1.10 bits per heavy atom. The zero-order chi connectivity index (χ0) is 20.7. The van der Waals surface area contributed by atoms with E-state index < -0.39 is 5.92 Å². The van der Waals surface area contributed by atoms with Gasteiger partial charge in [0.1, 0.15) is 6.26 Å². The van der Waals surface area contributed by atoms with Gasteiger partial charge in [0.25, 0.3) is 5.91 Å². The fourth-order valence-corrected chi connectivity index (χ4v) is 4.10. The highest BCUT2D eigenvalue weighted by Gasteiger charge is 2.33. The number of aromatic nitrogens is 2. The van der Waals surface area contributed by atoms with Gasteiger partial charge < -0.3 is 18.8 Å². The minimum absolute atomic E-state index is 0.0709. The first-order valence-corrected chi connectivity index (χ1v) is 9.95. The second kappa shape index (κ2) is 7.33. The molecule has 0 radical (unpaired) electrons. The van der Waals surface area contributed by atoms with Gasteiger partial charge in [-0.15, -0.1) is 0 Å². The van der Waals surface area contributed by atoms with Crippen LogP contribution in [0.15, 0.2) is 47.3 Å². The number of hydrogen-bond acceptors (Lipinski definition) is 5. The number of amides is 3. The van der Waals surface area contributed by atoms with Gasteiger partial charge in [-0.3, -0.25) is 19.7 Å². The van der Waals surface area contributed by atoms with Crippen LogP contribution in [0, 0.1) is 5.92 Å². The minimum Gasteiger partial charge on any atom is -0.472 e. The molecule has 1 aromatic carbocycles. The van der Waals surface area contributed by atoms with Crippen molar-refractivity contribution in [1.82, 2.24) is 19.4 Å². The predicted octanol–water partition coefficient (Wildman–Crippen LogP) is 1.57. The van der Waals surface area contributed by atoms with Crippen LogP contribution in [0.25, 0.3) is 11.0 Å². The Morgan fingerprint density at radius 3 is 2.63 bits per heavy atom. The smallest absolute Gasteiger partial charge is 0.257 e. The van der Waals surface area contributed by atoms with Crippen molar-refractivity contribution in [3.05, 3.63) is 48.4 Å². The zero-order valence-corrected chi connectivity index (χ0v) is 16.3. The number of para-hydroxylation sites is 2. The molecule has 154 valence electrons. The quantitative estimate of drug-likeness (QED) is 0.710. The molecule has 0 bridgehead atoms. The molecule has 1 fully saturated rings. The summed E-state index contributed by atoms with van der Waals surface area (Å²) in [7, 11) is 0. The predicted molar refractivity (Wildman–Crippen MR) is 108 cm³/mol. The molecule has 2 aliphatic rings. The lowest BCUT2D eigenvalue weighted by Crippen LogP contribution is -2.51. The maximum atomic E-state index is 12.8. The fraction of sp³-hybridized carbons (Fsp3) is 0.333. The van der Waals surface area contributed by atoms with Gasteiger partial charge in [0.15, 0.2) is 0 Å². The number of carbonyl (C=O) groups is 3. The van der Waals surface area contributed by atoms with E-state index in [4.69, 9.17) is 4.42 Å². The molecule has 1 saturated heterocycles. The van der Waals surface area contributed by atoms with Crippen LogP contribution in [0.1, 0.15) is 16.8 Å². The Kier molecular flexibility index (Phi) is 4.50. The maximum absolute atomic E-state index is 12.8. The summed E-state index contributed by atoms with van der Waals surface area (Å²) in [6.07, 6.45) is 3.03. The summed E-state index contributed by atoms with van der Waals surface area (Å²) in [5, 5.41) is 2.83. The van der Waals surface area contributed by atoms with Crippen molar-refractivity contribution in [2.24, 2.45) is 5.92 Å². The van der Waals surface area contributed by atoms with Gasteiger partial charge in [-0.1, -0.05) is 12.1 Å². The van der Waals surface area contributed by atoms with Crippen LogP contribution in [0.5, 0.6) is 0 Å². The average molecular weight is 407 g/mol. The van der Waals surface area contributed by atoms with Crippen LogP contribution in [0.2, 0.25) is 0 Å². The lowest BCUT2D eigenvalue weighted by molar-refractivity contribution is -0.136. The van der Waals surface area contributed by atoms with E-state index in [9.17, 15) is 14.4 Å². The molecule has 0 spiro atoms. The van der Waals surface area contributed by atoms with Crippen molar-refractivity contribution in [1.29, 1.82) is 0 Å². The topological polar surface area (TPSA) is 101 Å². The van der Waals surface area contributed by atoms with Crippen molar-refractivity contribution in [3.63, 3.8) is 0 Å². The van der Waals surface area contributed by atoms with E-state index in [0.29, 0.717) is 44.2 Å². The monoisotopic (exact) mass is 407 g/mol. The van der Waals surface area contributed by atoms with E-state index in [1.54, 1.807) is 15.9 Å². The van der Waals surface area contributed by atoms with Gasteiger partial charge in [-0.2, -0.15) is 0 Å². The van der Waals surface area contributed by atoms with Crippen LogP contribution < -0.4 is 5.32 Å². The molecule has 0 saturated carbocycles. The van der Waals surface area contributed by atoms with Crippen LogP contribution in [-0.4, -0.2) is 63.3 Å². The molecule has 2 aromatic heterocycles. The molecule has 2 aliphatic heterocycles. The number of nitrogens with zero attached hydrogens (tertiary/aromatic N) is 4. The van der Waals surface area contributed by atoms with Gasteiger partial charge in [0, 0.05) is 39.1 Å². The number of furan rings is 1. The van der Waals surface area contributed by atoms with Gasteiger partial charge >= 0.3 is 0 Å². The van der Waals surface area contributed by atoms with E-state index in [-0.39, 0.29) is 24.1 Å². The Morgan fingerprint density at radius 2 is 1.87 bits per heavy atom. The molecular formula is C21H21N5O4. The van der Waals surface area contributed by atoms with Crippen LogP contribution >= 0.6 is 0 Å².